The highest BCUT2D eigenvalue weighted by molar-refractivity contribution is 5.03. The summed E-state index contributed by atoms with van der Waals surface area (Å²) < 4.78 is 1.82. The second-order valence-corrected chi connectivity index (χ2v) is 5.68. The predicted molar refractivity (Wildman–Crippen MR) is 72.1 cm³/mol. The first-order valence-corrected chi connectivity index (χ1v) is 6.99. The Balaban J connectivity index is 1.77. The molecule has 1 N–H and O–H groups in total. The number of aryl methyl sites for hydroxylation is 1. The van der Waals surface area contributed by atoms with Crippen molar-refractivity contribution in [2.75, 3.05) is 13.6 Å². The van der Waals surface area contributed by atoms with E-state index < -0.39 is 0 Å². The van der Waals surface area contributed by atoms with Gasteiger partial charge in [-0.15, -0.1) is 0 Å². The van der Waals surface area contributed by atoms with Gasteiger partial charge in [0.15, 0.2) is 0 Å². The molecule has 1 aromatic rings. The highest BCUT2D eigenvalue weighted by atomic mass is 16.3. The summed E-state index contributed by atoms with van der Waals surface area (Å²) in [6.07, 6.45) is 10.1. The van der Waals surface area contributed by atoms with E-state index in [9.17, 15) is 5.11 Å². The van der Waals surface area contributed by atoms with Crippen LogP contribution in [0.2, 0.25) is 0 Å². The number of hydrogen-bond acceptors (Lipinski definition) is 3. The van der Waals surface area contributed by atoms with Crippen molar-refractivity contribution in [3.05, 3.63) is 18.0 Å². The highest BCUT2D eigenvalue weighted by Gasteiger charge is 2.22. The van der Waals surface area contributed by atoms with Crippen molar-refractivity contribution in [1.29, 1.82) is 0 Å². The van der Waals surface area contributed by atoms with Gasteiger partial charge in [-0.25, -0.2) is 0 Å². The number of aliphatic hydroxyl groups is 1. The zero-order valence-corrected chi connectivity index (χ0v) is 11.5. The number of hydrogen-bond donors (Lipinski definition) is 1. The van der Waals surface area contributed by atoms with Crippen molar-refractivity contribution >= 4 is 0 Å². The standard InChI is InChI=1S/C14H25N3O/c1-16(9-12-8-15-17(2)10-12)11-14(18)13-6-4-3-5-7-13/h8,10,13-14,18H,3-7,9,11H2,1-2H3. The fourth-order valence-electron chi connectivity index (χ4n) is 2.92. The summed E-state index contributed by atoms with van der Waals surface area (Å²) in [6.45, 7) is 1.62. The molecule has 1 unspecified atom stereocenters. The SMILES string of the molecule is CN(Cc1cnn(C)c1)CC(O)C1CCCCC1. The molecule has 1 heterocycles. The molecule has 0 aromatic carbocycles. The zero-order valence-electron chi connectivity index (χ0n) is 11.5. The summed E-state index contributed by atoms with van der Waals surface area (Å²) in [6, 6.07) is 0. The van der Waals surface area contributed by atoms with E-state index in [4.69, 9.17) is 0 Å². The van der Waals surface area contributed by atoms with Gasteiger partial charge in [-0.05, 0) is 25.8 Å². The van der Waals surface area contributed by atoms with Crippen molar-refractivity contribution in [3.8, 4) is 0 Å². The predicted octanol–water partition coefficient (Wildman–Crippen LogP) is 1.79. The van der Waals surface area contributed by atoms with Gasteiger partial charge in [0.05, 0.1) is 12.3 Å². The summed E-state index contributed by atoms with van der Waals surface area (Å²) in [5.41, 5.74) is 1.20. The largest absolute Gasteiger partial charge is 0.392 e. The molecule has 0 aliphatic heterocycles. The van der Waals surface area contributed by atoms with Gasteiger partial charge >= 0.3 is 0 Å². The normalized spacial score (nSPS) is 19.3. The number of aromatic nitrogens is 2. The Hall–Kier alpha value is -0.870. The quantitative estimate of drug-likeness (QED) is 0.867. The average Bonchev–Trinajstić information content (AvgIpc) is 2.75. The molecule has 1 aromatic heterocycles. The topological polar surface area (TPSA) is 41.3 Å². The Bertz CT molecular complexity index is 358. The maximum atomic E-state index is 10.3. The molecular formula is C14H25N3O. The van der Waals surface area contributed by atoms with E-state index in [-0.39, 0.29) is 6.10 Å². The molecule has 1 aliphatic rings. The van der Waals surface area contributed by atoms with Crippen LogP contribution in [-0.4, -0.2) is 39.5 Å². The van der Waals surface area contributed by atoms with E-state index >= 15 is 0 Å². The van der Waals surface area contributed by atoms with Crippen molar-refractivity contribution in [2.45, 2.75) is 44.8 Å². The third-order valence-electron chi connectivity index (χ3n) is 3.90. The van der Waals surface area contributed by atoms with Crippen molar-refractivity contribution in [1.82, 2.24) is 14.7 Å². The minimum absolute atomic E-state index is 0.174. The van der Waals surface area contributed by atoms with Crippen LogP contribution in [0.25, 0.3) is 0 Å². The molecule has 18 heavy (non-hydrogen) atoms. The molecule has 102 valence electrons. The Morgan fingerprint density at radius 1 is 1.44 bits per heavy atom. The Kier molecular flexibility index (Phi) is 4.78. The number of aliphatic hydroxyl groups excluding tert-OH is 1. The van der Waals surface area contributed by atoms with E-state index in [0.717, 1.165) is 13.1 Å². The third-order valence-corrected chi connectivity index (χ3v) is 3.90. The van der Waals surface area contributed by atoms with Crippen LogP contribution >= 0.6 is 0 Å². The summed E-state index contributed by atoms with van der Waals surface area (Å²) in [5.74, 6) is 0.509. The number of nitrogens with zero attached hydrogens (tertiary/aromatic N) is 3. The van der Waals surface area contributed by atoms with Crippen LogP contribution in [-0.2, 0) is 13.6 Å². The first kappa shape index (κ1) is 13.6. The molecule has 0 radical (unpaired) electrons. The molecule has 4 heteroatoms. The molecule has 1 fully saturated rings. The Morgan fingerprint density at radius 3 is 2.78 bits per heavy atom. The summed E-state index contributed by atoms with van der Waals surface area (Å²) >= 11 is 0. The van der Waals surface area contributed by atoms with E-state index in [1.165, 1.54) is 37.7 Å². The van der Waals surface area contributed by atoms with Gasteiger partial charge in [0, 0.05) is 31.9 Å². The van der Waals surface area contributed by atoms with Crippen molar-refractivity contribution in [3.63, 3.8) is 0 Å². The fraction of sp³-hybridized carbons (Fsp3) is 0.786. The van der Waals surface area contributed by atoms with E-state index in [1.807, 2.05) is 24.1 Å². The second-order valence-electron chi connectivity index (χ2n) is 5.68. The average molecular weight is 251 g/mol. The summed E-state index contributed by atoms with van der Waals surface area (Å²) in [4.78, 5) is 2.19. The van der Waals surface area contributed by atoms with Gasteiger partial charge < -0.3 is 5.11 Å². The molecular weight excluding hydrogens is 226 g/mol. The van der Waals surface area contributed by atoms with Gasteiger partial charge in [0.25, 0.3) is 0 Å². The molecule has 1 saturated carbocycles. The molecule has 0 bridgehead atoms. The maximum absolute atomic E-state index is 10.3. The van der Waals surface area contributed by atoms with Crippen LogP contribution < -0.4 is 0 Å². The lowest BCUT2D eigenvalue weighted by atomic mass is 9.85. The number of likely N-dealkylation sites (N-methyl/N-ethyl adjacent to an activating group) is 1. The first-order chi connectivity index (χ1) is 8.65. The first-order valence-electron chi connectivity index (χ1n) is 6.99. The van der Waals surface area contributed by atoms with Gasteiger partial charge in [-0.3, -0.25) is 9.58 Å². The Morgan fingerprint density at radius 2 is 2.17 bits per heavy atom. The molecule has 0 saturated heterocycles. The molecule has 4 nitrogen and oxygen atoms in total. The zero-order chi connectivity index (χ0) is 13.0. The maximum Gasteiger partial charge on any atom is 0.0695 e. The summed E-state index contributed by atoms with van der Waals surface area (Å²) in [5, 5.41) is 14.4. The van der Waals surface area contributed by atoms with Crippen molar-refractivity contribution in [2.24, 2.45) is 13.0 Å². The van der Waals surface area contributed by atoms with E-state index in [0.29, 0.717) is 5.92 Å². The lowest BCUT2D eigenvalue weighted by molar-refractivity contribution is 0.0531. The van der Waals surface area contributed by atoms with Crippen LogP contribution in [0, 0.1) is 5.92 Å². The molecule has 1 aliphatic carbocycles. The number of rotatable bonds is 5. The lowest BCUT2D eigenvalue weighted by Gasteiger charge is -2.29. The monoisotopic (exact) mass is 251 g/mol. The van der Waals surface area contributed by atoms with Gasteiger partial charge in [-0.2, -0.15) is 5.10 Å². The Labute approximate surface area is 110 Å². The van der Waals surface area contributed by atoms with Crippen LogP contribution in [0.5, 0.6) is 0 Å². The van der Waals surface area contributed by atoms with Crippen LogP contribution in [0.3, 0.4) is 0 Å². The third kappa shape index (κ3) is 3.82. The molecule has 2 rings (SSSR count). The van der Waals surface area contributed by atoms with E-state index in [2.05, 4.69) is 17.0 Å². The van der Waals surface area contributed by atoms with Crippen LogP contribution in [0.15, 0.2) is 12.4 Å². The minimum atomic E-state index is -0.174. The van der Waals surface area contributed by atoms with Gasteiger partial charge in [0.2, 0.25) is 0 Å². The van der Waals surface area contributed by atoms with Crippen molar-refractivity contribution < 1.29 is 5.11 Å². The smallest absolute Gasteiger partial charge is 0.0695 e. The fourth-order valence-corrected chi connectivity index (χ4v) is 2.92. The van der Waals surface area contributed by atoms with Gasteiger partial charge in [-0.1, -0.05) is 19.3 Å². The minimum Gasteiger partial charge on any atom is -0.392 e. The second kappa shape index (κ2) is 6.34. The molecule has 0 amide bonds. The highest BCUT2D eigenvalue weighted by Crippen LogP contribution is 2.26. The van der Waals surface area contributed by atoms with Gasteiger partial charge in [0.1, 0.15) is 0 Å². The summed E-state index contributed by atoms with van der Waals surface area (Å²) in [7, 11) is 4.00. The lowest BCUT2D eigenvalue weighted by Crippen LogP contribution is -2.34. The van der Waals surface area contributed by atoms with Crippen LogP contribution in [0.4, 0.5) is 0 Å². The van der Waals surface area contributed by atoms with Crippen LogP contribution in [0.1, 0.15) is 37.7 Å². The molecule has 1 atom stereocenters. The van der Waals surface area contributed by atoms with E-state index in [1.54, 1.807) is 0 Å². The molecule has 0 spiro atoms.